The van der Waals surface area contributed by atoms with Crippen LogP contribution in [0.4, 0.5) is 5.82 Å². The van der Waals surface area contributed by atoms with Crippen molar-refractivity contribution in [3.63, 3.8) is 0 Å². The van der Waals surface area contributed by atoms with Crippen molar-refractivity contribution in [2.45, 2.75) is 45.2 Å². The Kier molecular flexibility index (Phi) is 2.77. The molecule has 0 amide bonds. The van der Waals surface area contributed by atoms with E-state index < -0.39 is 11.5 Å². The summed E-state index contributed by atoms with van der Waals surface area (Å²) in [6.45, 7) is 5.31. The highest BCUT2D eigenvalue weighted by Crippen LogP contribution is 2.36. The summed E-state index contributed by atoms with van der Waals surface area (Å²) in [5.74, 6) is -0.131. The van der Waals surface area contributed by atoms with Gasteiger partial charge in [-0.25, -0.2) is 14.8 Å². The average molecular weight is 235 g/mol. The lowest BCUT2D eigenvalue weighted by Gasteiger charge is -2.36. The zero-order valence-corrected chi connectivity index (χ0v) is 10.3. The molecule has 17 heavy (non-hydrogen) atoms. The molecule has 0 aliphatic heterocycles. The lowest BCUT2D eigenvalue weighted by atomic mass is 10.0. The Balaban J connectivity index is 2.39. The van der Waals surface area contributed by atoms with Crippen molar-refractivity contribution in [1.29, 1.82) is 0 Å². The molecular formula is C12H17N3O2. The molecule has 2 rings (SSSR count). The second kappa shape index (κ2) is 3.98. The van der Waals surface area contributed by atoms with Gasteiger partial charge in [0.2, 0.25) is 0 Å². The number of anilines is 1. The normalized spacial score (nSPS) is 15.7. The quantitative estimate of drug-likeness (QED) is 0.859. The summed E-state index contributed by atoms with van der Waals surface area (Å²) in [7, 11) is 0. The summed E-state index contributed by atoms with van der Waals surface area (Å²) >= 11 is 0. The minimum absolute atomic E-state index is 0.287. The van der Waals surface area contributed by atoms with E-state index in [4.69, 9.17) is 0 Å². The van der Waals surface area contributed by atoms with Crippen LogP contribution in [-0.4, -0.2) is 32.6 Å². The first-order valence-electron chi connectivity index (χ1n) is 5.74. The molecule has 0 radical (unpaired) electrons. The molecule has 1 aliphatic carbocycles. The van der Waals surface area contributed by atoms with E-state index in [1.807, 2.05) is 17.9 Å². The fraction of sp³-hybridized carbons (Fsp3) is 0.583. The maximum Gasteiger partial charge on any atom is 0.329 e. The number of carboxylic acids is 1. The van der Waals surface area contributed by atoms with Gasteiger partial charge in [-0.05, 0) is 33.6 Å². The zero-order valence-electron chi connectivity index (χ0n) is 10.3. The Hall–Kier alpha value is -1.65. The predicted molar refractivity (Wildman–Crippen MR) is 64.0 cm³/mol. The zero-order chi connectivity index (χ0) is 12.6. The van der Waals surface area contributed by atoms with Crippen LogP contribution in [0.3, 0.4) is 0 Å². The molecular weight excluding hydrogens is 218 g/mol. The van der Waals surface area contributed by atoms with E-state index in [1.165, 1.54) is 6.33 Å². The van der Waals surface area contributed by atoms with E-state index in [9.17, 15) is 9.90 Å². The lowest BCUT2D eigenvalue weighted by molar-refractivity contribution is -0.142. The number of hydrogen-bond donors (Lipinski definition) is 1. The van der Waals surface area contributed by atoms with Crippen LogP contribution in [0.15, 0.2) is 12.4 Å². The predicted octanol–water partition coefficient (Wildman–Crippen LogP) is 1.62. The molecule has 1 heterocycles. The highest BCUT2D eigenvalue weighted by Gasteiger charge is 2.43. The van der Waals surface area contributed by atoms with Crippen molar-refractivity contribution < 1.29 is 9.90 Å². The van der Waals surface area contributed by atoms with Gasteiger partial charge in [-0.1, -0.05) is 0 Å². The lowest BCUT2D eigenvalue weighted by Crippen LogP contribution is -2.52. The summed E-state index contributed by atoms with van der Waals surface area (Å²) in [6, 6.07) is 2.12. The first kappa shape index (κ1) is 11.8. The Morgan fingerprint density at radius 3 is 2.59 bits per heavy atom. The number of hydrogen-bond acceptors (Lipinski definition) is 4. The summed E-state index contributed by atoms with van der Waals surface area (Å²) in [5, 5.41) is 9.33. The third-order valence-corrected chi connectivity index (χ3v) is 3.07. The van der Waals surface area contributed by atoms with Crippen molar-refractivity contribution in [3.8, 4) is 0 Å². The summed E-state index contributed by atoms with van der Waals surface area (Å²) in [6.07, 6.45) is 3.54. The van der Waals surface area contributed by atoms with Crippen LogP contribution < -0.4 is 4.90 Å². The molecule has 5 heteroatoms. The fourth-order valence-electron chi connectivity index (χ4n) is 1.94. The van der Waals surface area contributed by atoms with E-state index in [0.717, 1.165) is 18.5 Å². The molecule has 0 aromatic carbocycles. The molecule has 1 fully saturated rings. The summed E-state index contributed by atoms with van der Waals surface area (Å²) in [4.78, 5) is 21.5. The van der Waals surface area contributed by atoms with Gasteiger partial charge in [0, 0.05) is 17.8 Å². The van der Waals surface area contributed by atoms with Gasteiger partial charge in [0.15, 0.2) is 0 Å². The van der Waals surface area contributed by atoms with E-state index in [1.54, 1.807) is 13.8 Å². The number of rotatable bonds is 4. The van der Waals surface area contributed by atoms with Crippen molar-refractivity contribution in [2.24, 2.45) is 0 Å². The number of aliphatic carboxylic acids is 1. The summed E-state index contributed by atoms with van der Waals surface area (Å²) < 4.78 is 0. The van der Waals surface area contributed by atoms with Gasteiger partial charge in [-0.2, -0.15) is 0 Å². The van der Waals surface area contributed by atoms with Gasteiger partial charge in [-0.15, -0.1) is 0 Å². The highest BCUT2D eigenvalue weighted by atomic mass is 16.4. The van der Waals surface area contributed by atoms with Gasteiger partial charge in [0.25, 0.3) is 0 Å². The number of aryl methyl sites for hydroxylation is 1. The van der Waals surface area contributed by atoms with E-state index in [0.29, 0.717) is 5.82 Å². The second-order valence-electron chi connectivity index (χ2n) is 4.98. The minimum atomic E-state index is -0.942. The SMILES string of the molecule is Cc1cc(N(C2CC2)C(C)(C)C(=O)O)ncn1. The van der Waals surface area contributed by atoms with Gasteiger partial charge in [0.05, 0.1) is 0 Å². The maximum atomic E-state index is 11.4. The van der Waals surface area contributed by atoms with E-state index in [-0.39, 0.29) is 6.04 Å². The first-order valence-corrected chi connectivity index (χ1v) is 5.74. The van der Waals surface area contributed by atoms with Crippen LogP contribution in [0.2, 0.25) is 0 Å². The molecule has 1 aromatic heterocycles. The molecule has 0 unspecified atom stereocenters. The molecule has 92 valence electrons. The van der Waals surface area contributed by atoms with Crippen molar-refractivity contribution in [3.05, 3.63) is 18.1 Å². The molecule has 0 saturated heterocycles. The molecule has 1 N–H and O–H groups in total. The number of carbonyl (C=O) groups is 1. The van der Waals surface area contributed by atoms with E-state index in [2.05, 4.69) is 9.97 Å². The third kappa shape index (κ3) is 2.23. The Bertz CT molecular complexity index is 441. The summed E-state index contributed by atoms with van der Waals surface area (Å²) in [5.41, 5.74) is -0.0936. The smallest absolute Gasteiger partial charge is 0.329 e. The topological polar surface area (TPSA) is 66.3 Å². The van der Waals surface area contributed by atoms with Crippen LogP contribution in [0.5, 0.6) is 0 Å². The molecule has 5 nitrogen and oxygen atoms in total. The molecule has 0 atom stereocenters. The van der Waals surface area contributed by atoms with Crippen molar-refractivity contribution >= 4 is 11.8 Å². The van der Waals surface area contributed by atoms with Crippen molar-refractivity contribution in [2.75, 3.05) is 4.90 Å². The van der Waals surface area contributed by atoms with Crippen LogP contribution in [0, 0.1) is 6.92 Å². The Morgan fingerprint density at radius 1 is 1.47 bits per heavy atom. The second-order valence-corrected chi connectivity index (χ2v) is 4.98. The molecule has 1 saturated carbocycles. The maximum absolute atomic E-state index is 11.4. The monoisotopic (exact) mass is 235 g/mol. The minimum Gasteiger partial charge on any atom is -0.480 e. The number of carboxylic acid groups (broad SMARTS) is 1. The van der Waals surface area contributed by atoms with Gasteiger partial charge < -0.3 is 10.0 Å². The molecule has 1 aromatic rings. The fourth-order valence-corrected chi connectivity index (χ4v) is 1.94. The van der Waals surface area contributed by atoms with Crippen LogP contribution >= 0.6 is 0 Å². The number of aromatic nitrogens is 2. The van der Waals surface area contributed by atoms with E-state index >= 15 is 0 Å². The number of nitrogens with zero attached hydrogens (tertiary/aromatic N) is 3. The Morgan fingerprint density at radius 2 is 2.12 bits per heavy atom. The highest BCUT2D eigenvalue weighted by molar-refractivity contribution is 5.82. The van der Waals surface area contributed by atoms with Crippen LogP contribution in [-0.2, 0) is 4.79 Å². The molecule has 1 aliphatic rings. The average Bonchev–Trinajstić information content (AvgIpc) is 3.01. The standard InChI is InChI=1S/C12H17N3O2/c1-8-6-10(14-7-13-8)15(9-4-5-9)12(2,3)11(16)17/h6-7,9H,4-5H2,1-3H3,(H,16,17). The van der Waals surface area contributed by atoms with Crippen molar-refractivity contribution in [1.82, 2.24) is 9.97 Å². The molecule has 0 bridgehead atoms. The van der Waals surface area contributed by atoms with Gasteiger partial charge >= 0.3 is 5.97 Å². The Labute approximate surface area is 100 Å². The molecule has 0 spiro atoms. The first-order chi connectivity index (χ1) is 7.93. The third-order valence-electron chi connectivity index (χ3n) is 3.07. The van der Waals surface area contributed by atoms with Gasteiger partial charge in [-0.3, -0.25) is 0 Å². The largest absolute Gasteiger partial charge is 0.480 e. The van der Waals surface area contributed by atoms with Gasteiger partial charge in [0.1, 0.15) is 17.7 Å². The van der Waals surface area contributed by atoms with Crippen LogP contribution in [0.1, 0.15) is 32.4 Å². The van der Waals surface area contributed by atoms with Crippen LogP contribution in [0.25, 0.3) is 0 Å².